The minimum atomic E-state index is -1.69. The molecule has 1 atom stereocenters. The average molecular weight is 302 g/mol. The predicted octanol–water partition coefficient (Wildman–Crippen LogP) is 1.35. The molecule has 0 amide bonds. The molecule has 2 N–H and O–H groups in total. The summed E-state index contributed by atoms with van der Waals surface area (Å²) in [4.78, 5) is 23.0. The van der Waals surface area contributed by atoms with Gasteiger partial charge in [-0.3, -0.25) is 0 Å². The number of nitrogens with zero attached hydrogens (tertiary/aromatic N) is 4. The van der Waals surface area contributed by atoms with E-state index in [1.807, 2.05) is 0 Å². The third-order valence-electron chi connectivity index (χ3n) is 2.60. The van der Waals surface area contributed by atoms with E-state index in [1.165, 1.54) is 6.33 Å². The van der Waals surface area contributed by atoms with E-state index in [9.17, 15) is 9.18 Å². The molecule has 0 saturated carbocycles. The van der Waals surface area contributed by atoms with E-state index in [0.717, 1.165) is 0 Å². The van der Waals surface area contributed by atoms with Crippen molar-refractivity contribution in [3.63, 3.8) is 0 Å². The number of fused-ring (bicyclic) bond motifs is 1. The Morgan fingerprint density at radius 1 is 1.60 bits per heavy atom. The summed E-state index contributed by atoms with van der Waals surface area (Å²) < 4.78 is 19.7. The van der Waals surface area contributed by atoms with E-state index >= 15 is 0 Å². The predicted molar refractivity (Wildman–Crippen MR) is 70.9 cm³/mol. The third kappa shape index (κ3) is 2.96. The number of aromatic nitrogens is 4. The molecular formula is C11H13ClFN5O2. The number of alkyl halides is 1. The zero-order chi connectivity index (χ0) is 14.7. The zero-order valence-electron chi connectivity index (χ0n) is 10.7. The van der Waals surface area contributed by atoms with Crippen LogP contribution in [0.4, 0.5) is 10.3 Å². The maximum atomic E-state index is 13.5. The summed E-state index contributed by atoms with van der Waals surface area (Å²) in [6.07, 6.45) is -0.295. The molecule has 0 saturated heterocycles. The lowest BCUT2D eigenvalue weighted by Gasteiger charge is -2.08. The Hall–Kier alpha value is -1.96. The third-order valence-corrected chi connectivity index (χ3v) is 2.87. The Morgan fingerprint density at radius 3 is 3.05 bits per heavy atom. The molecule has 2 aromatic rings. The first-order chi connectivity index (χ1) is 9.52. The molecule has 0 bridgehead atoms. The van der Waals surface area contributed by atoms with Crippen LogP contribution in [0.1, 0.15) is 13.3 Å². The molecule has 7 nitrogen and oxygen atoms in total. The second-order valence-electron chi connectivity index (χ2n) is 3.99. The fourth-order valence-electron chi connectivity index (χ4n) is 1.69. The smallest absolute Gasteiger partial charge is 0.340 e. The van der Waals surface area contributed by atoms with E-state index in [1.54, 1.807) is 11.5 Å². The number of nitrogens with two attached hydrogens (primary N) is 1. The van der Waals surface area contributed by atoms with Crippen LogP contribution in [0.2, 0.25) is 5.15 Å². The quantitative estimate of drug-likeness (QED) is 0.661. The fraction of sp³-hybridized carbons (Fsp3) is 0.455. The largest absolute Gasteiger partial charge is 0.464 e. The first kappa shape index (κ1) is 14.4. The fourth-order valence-corrected chi connectivity index (χ4v) is 1.91. The molecule has 1 unspecified atom stereocenters. The van der Waals surface area contributed by atoms with Gasteiger partial charge in [0.2, 0.25) is 5.95 Å². The monoisotopic (exact) mass is 301 g/mol. The minimum Gasteiger partial charge on any atom is -0.464 e. The van der Waals surface area contributed by atoms with Crippen molar-refractivity contribution in [3.8, 4) is 0 Å². The van der Waals surface area contributed by atoms with Gasteiger partial charge in [0, 0.05) is 13.0 Å². The highest BCUT2D eigenvalue weighted by molar-refractivity contribution is 6.33. The highest BCUT2D eigenvalue weighted by Crippen LogP contribution is 2.20. The van der Waals surface area contributed by atoms with Gasteiger partial charge in [0.15, 0.2) is 17.0 Å². The summed E-state index contributed by atoms with van der Waals surface area (Å²) in [6, 6.07) is 0. The van der Waals surface area contributed by atoms with Crippen LogP contribution in [0.25, 0.3) is 11.2 Å². The maximum Gasteiger partial charge on any atom is 0.340 e. The lowest BCUT2D eigenvalue weighted by molar-refractivity contribution is -0.149. The van der Waals surface area contributed by atoms with Crippen molar-refractivity contribution < 1.29 is 13.9 Å². The molecule has 0 radical (unpaired) electrons. The van der Waals surface area contributed by atoms with Gasteiger partial charge in [0.1, 0.15) is 5.52 Å². The molecule has 0 spiro atoms. The Bertz CT molecular complexity index is 633. The van der Waals surface area contributed by atoms with Gasteiger partial charge in [0.05, 0.1) is 12.9 Å². The molecule has 0 fully saturated rings. The van der Waals surface area contributed by atoms with Crippen LogP contribution in [-0.4, -0.2) is 38.3 Å². The number of rotatable bonds is 5. The Balaban J connectivity index is 2.13. The molecule has 0 aromatic carbocycles. The summed E-state index contributed by atoms with van der Waals surface area (Å²) in [7, 11) is 0. The van der Waals surface area contributed by atoms with Gasteiger partial charge in [-0.05, 0) is 6.92 Å². The number of carbonyl (C=O) groups excluding carboxylic acids is 1. The lowest BCUT2D eigenvalue weighted by Crippen LogP contribution is -2.20. The normalized spacial score (nSPS) is 12.6. The van der Waals surface area contributed by atoms with Gasteiger partial charge in [0.25, 0.3) is 0 Å². The molecule has 2 rings (SSSR count). The van der Waals surface area contributed by atoms with E-state index in [2.05, 4.69) is 19.7 Å². The van der Waals surface area contributed by atoms with Crippen LogP contribution in [0.3, 0.4) is 0 Å². The highest BCUT2D eigenvalue weighted by atomic mass is 35.5. The number of anilines is 1. The van der Waals surface area contributed by atoms with Gasteiger partial charge in [-0.15, -0.1) is 0 Å². The van der Waals surface area contributed by atoms with Crippen molar-refractivity contribution >= 4 is 34.7 Å². The van der Waals surface area contributed by atoms with E-state index < -0.39 is 12.1 Å². The second kappa shape index (κ2) is 6.00. The number of esters is 1. The Labute approximate surface area is 118 Å². The average Bonchev–Trinajstić information content (AvgIpc) is 2.79. The van der Waals surface area contributed by atoms with Gasteiger partial charge in [-0.1, -0.05) is 11.6 Å². The number of aryl methyl sites for hydroxylation is 1. The lowest BCUT2D eigenvalue weighted by atomic mass is 10.3. The summed E-state index contributed by atoms with van der Waals surface area (Å²) in [6.45, 7) is 1.96. The SMILES string of the molecule is CCOC(=O)C(F)CCn1cnc2c(Cl)nc(N)nc21. The van der Waals surface area contributed by atoms with Crippen molar-refractivity contribution in [3.05, 3.63) is 11.5 Å². The number of nitrogen functional groups attached to an aromatic ring is 1. The van der Waals surface area contributed by atoms with Crippen LogP contribution >= 0.6 is 11.6 Å². The highest BCUT2D eigenvalue weighted by Gasteiger charge is 2.19. The molecule has 0 aliphatic heterocycles. The second-order valence-corrected chi connectivity index (χ2v) is 4.35. The molecule has 0 aliphatic carbocycles. The number of hydrogen-bond acceptors (Lipinski definition) is 6. The van der Waals surface area contributed by atoms with Crippen LogP contribution in [-0.2, 0) is 16.1 Å². The van der Waals surface area contributed by atoms with Crippen LogP contribution < -0.4 is 5.73 Å². The van der Waals surface area contributed by atoms with E-state index in [0.29, 0.717) is 11.2 Å². The summed E-state index contributed by atoms with van der Waals surface area (Å²) >= 11 is 5.87. The van der Waals surface area contributed by atoms with Gasteiger partial charge < -0.3 is 15.0 Å². The molecule has 2 heterocycles. The number of carbonyl (C=O) groups is 1. The van der Waals surface area contributed by atoms with Crippen LogP contribution in [0.15, 0.2) is 6.33 Å². The van der Waals surface area contributed by atoms with Crippen molar-refractivity contribution in [2.75, 3.05) is 12.3 Å². The van der Waals surface area contributed by atoms with Crippen molar-refractivity contribution in [2.45, 2.75) is 26.1 Å². The molecule has 20 heavy (non-hydrogen) atoms. The van der Waals surface area contributed by atoms with Crippen molar-refractivity contribution in [1.82, 2.24) is 19.5 Å². The number of halogens is 2. The number of imidazole rings is 1. The first-order valence-corrected chi connectivity index (χ1v) is 6.35. The molecule has 108 valence electrons. The standard InChI is InChI=1S/C11H13ClFN5O2/c1-2-20-10(19)6(13)3-4-18-5-15-7-8(12)16-11(14)17-9(7)18/h5-6H,2-4H2,1H3,(H2,14,16,17). The van der Waals surface area contributed by atoms with Gasteiger partial charge in [-0.2, -0.15) is 9.97 Å². The minimum absolute atomic E-state index is 0.00596. The van der Waals surface area contributed by atoms with Crippen molar-refractivity contribution in [1.29, 1.82) is 0 Å². The molecule has 9 heteroatoms. The maximum absolute atomic E-state index is 13.5. The topological polar surface area (TPSA) is 95.9 Å². The van der Waals surface area contributed by atoms with Crippen LogP contribution in [0.5, 0.6) is 0 Å². The molecular weight excluding hydrogens is 289 g/mol. The first-order valence-electron chi connectivity index (χ1n) is 5.97. The summed E-state index contributed by atoms with van der Waals surface area (Å²) in [5, 5.41) is 0.133. The van der Waals surface area contributed by atoms with E-state index in [4.69, 9.17) is 17.3 Å². The van der Waals surface area contributed by atoms with Crippen LogP contribution in [0, 0.1) is 0 Å². The Morgan fingerprint density at radius 2 is 2.35 bits per heavy atom. The zero-order valence-corrected chi connectivity index (χ0v) is 11.5. The summed E-state index contributed by atoms with van der Waals surface area (Å²) in [5.41, 5.74) is 6.28. The molecule has 0 aliphatic rings. The Kier molecular flexibility index (Phi) is 4.33. The number of ether oxygens (including phenoxy) is 1. The van der Waals surface area contributed by atoms with E-state index in [-0.39, 0.29) is 30.7 Å². The molecule has 2 aromatic heterocycles. The van der Waals surface area contributed by atoms with Gasteiger partial charge >= 0.3 is 5.97 Å². The summed E-state index contributed by atoms with van der Waals surface area (Å²) in [5.74, 6) is -0.865. The number of hydrogen-bond donors (Lipinski definition) is 1. The van der Waals surface area contributed by atoms with Gasteiger partial charge in [-0.25, -0.2) is 14.2 Å². The van der Waals surface area contributed by atoms with Crippen molar-refractivity contribution in [2.24, 2.45) is 0 Å².